The second-order valence-electron chi connectivity index (χ2n) is 6.22. The first-order valence-corrected chi connectivity index (χ1v) is 7.99. The first-order chi connectivity index (χ1) is 10.5. The minimum absolute atomic E-state index is 0.0855. The van der Waals surface area contributed by atoms with E-state index in [0.29, 0.717) is 12.8 Å². The molecule has 2 rings (SSSR count). The maximum Gasteiger partial charge on any atom is 0.315 e. The number of urea groups is 1. The summed E-state index contributed by atoms with van der Waals surface area (Å²) in [5, 5.41) is 16.7. The Kier molecular flexibility index (Phi) is 5.61. The third-order valence-corrected chi connectivity index (χ3v) is 4.36. The van der Waals surface area contributed by atoms with Crippen LogP contribution in [-0.4, -0.2) is 23.2 Å². The summed E-state index contributed by atoms with van der Waals surface area (Å²) < 4.78 is 0. The van der Waals surface area contributed by atoms with Crippen LogP contribution in [0.5, 0.6) is 0 Å². The molecule has 0 radical (unpaired) electrons. The maximum absolute atomic E-state index is 11.9. The van der Waals surface area contributed by atoms with Crippen LogP contribution in [0.2, 0.25) is 0 Å². The molecule has 1 atom stereocenters. The van der Waals surface area contributed by atoms with E-state index >= 15 is 0 Å². The van der Waals surface area contributed by atoms with Gasteiger partial charge in [0.2, 0.25) is 0 Å². The van der Waals surface area contributed by atoms with Crippen LogP contribution in [0.3, 0.4) is 0 Å². The Labute approximate surface area is 132 Å². The molecule has 120 valence electrons. The Morgan fingerprint density at radius 3 is 2.64 bits per heavy atom. The van der Waals surface area contributed by atoms with E-state index in [9.17, 15) is 9.90 Å². The highest BCUT2D eigenvalue weighted by molar-refractivity contribution is 5.74. The average Bonchev–Trinajstić information content (AvgIpc) is 2.51. The Bertz CT molecular complexity index is 493. The first-order valence-electron chi connectivity index (χ1n) is 7.99. The topological polar surface area (TPSA) is 61.4 Å². The van der Waals surface area contributed by atoms with Crippen LogP contribution in [0.25, 0.3) is 0 Å². The van der Waals surface area contributed by atoms with Crippen molar-refractivity contribution in [3.05, 3.63) is 48.6 Å². The molecule has 4 heteroatoms. The molecule has 1 aromatic rings. The van der Waals surface area contributed by atoms with Crippen LogP contribution in [0.1, 0.15) is 44.6 Å². The molecule has 0 saturated heterocycles. The summed E-state index contributed by atoms with van der Waals surface area (Å²) in [5.41, 5.74) is 0.212. The smallest absolute Gasteiger partial charge is 0.315 e. The number of hydrogen-bond acceptors (Lipinski definition) is 2. The summed E-state index contributed by atoms with van der Waals surface area (Å²) in [5.74, 6) is 0. The molecule has 1 aliphatic rings. The summed E-state index contributed by atoms with van der Waals surface area (Å²) in [7, 11) is 0. The summed E-state index contributed by atoms with van der Waals surface area (Å²) in [6.07, 6.45) is 5.47. The number of aliphatic hydroxyl groups is 1. The molecule has 0 bridgehead atoms. The molecule has 0 spiro atoms. The van der Waals surface area contributed by atoms with E-state index in [1.165, 1.54) is 0 Å². The lowest BCUT2D eigenvalue weighted by Gasteiger charge is -2.36. The van der Waals surface area contributed by atoms with Gasteiger partial charge in [-0.1, -0.05) is 36.4 Å². The third kappa shape index (κ3) is 4.34. The molecular formula is C18H26N2O2. The Balaban J connectivity index is 1.82. The fourth-order valence-corrected chi connectivity index (χ4v) is 3.04. The highest BCUT2D eigenvalue weighted by Crippen LogP contribution is 2.36. The average molecular weight is 302 g/mol. The molecule has 1 fully saturated rings. The van der Waals surface area contributed by atoms with Crippen molar-refractivity contribution in [1.29, 1.82) is 0 Å². The Morgan fingerprint density at radius 1 is 1.41 bits per heavy atom. The predicted octanol–water partition coefficient (Wildman–Crippen LogP) is 3.08. The van der Waals surface area contributed by atoms with Gasteiger partial charge in [-0.2, -0.15) is 0 Å². The van der Waals surface area contributed by atoms with Crippen LogP contribution in [0, 0.1) is 0 Å². The van der Waals surface area contributed by atoms with E-state index in [2.05, 4.69) is 17.2 Å². The van der Waals surface area contributed by atoms with Gasteiger partial charge in [0.15, 0.2) is 0 Å². The second kappa shape index (κ2) is 7.45. The fraction of sp³-hybridized carbons (Fsp3) is 0.500. The van der Waals surface area contributed by atoms with E-state index in [1.54, 1.807) is 6.08 Å². The molecule has 4 nitrogen and oxygen atoms in total. The van der Waals surface area contributed by atoms with Gasteiger partial charge in [-0.05, 0) is 44.6 Å². The first kappa shape index (κ1) is 16.6. The Morgan fingerprint density at radius 2 is 2.05 bits per heavy atom. The lowest BCUT2D eigenvalue weighted by molar-refractivity contribution is -0.00734. The quantitative estimate of drug-likeness (QED) is 0.732. The molecule has 22 heavy (non-hydrogen) atoms. The van der Waals surface area contributed by atoms with E-state index in [1.807, 2.05) is 37.3 Å². The van der Waals surface area contributed by atoms with Crippen molar-refractivity contribution in [3.8, 4) is 0 Å². The molecule has 3 N–H and O–H groups in total. The van der Waals surface area contributed by atoms with Gasteiger partial charge in [0.25, 0.3) is 0 Å². The molecule has 1 saturated carbocycles. The number of benzene rings is 1. The zero-order valence-corrected chi connectivity index (χ0v) is 13.2. The molecule has 0 heterocycles. The lowest BCUT2D eigenvalue weighted by Crippen LogP contribution is -2.48. The van der Waals surface area contributed by atoms with Gasteiger partial charge < -0.3 is 15.7 Å². The molecule has 1 aromatic carbocycles. The van der Waals surface area contributed by atoms with Crippen LogP contribution >= 0.6 is 0 Å². The van der Waals surface area contributed by atoms with Crippen LogP contribution < -0.4 is 10.6 Å². The van der Waals surface area contributed by atoms with Crippen molar-refractivity contribution in [2.24, 2.45) is 0 Å². The normalized spacial score (nSPS) is 26.0. The van der Waals surface area contributed by atoms with Crippen molar-refractivity contribution >= 4 is 6.03 Å². The van der Waals surface area contributed by atoms with Crippen molar-refractivity contribution in [3.63, 3.8) is 0 Å². The number of nitrogens with one attached hydrogen (secondary N) is 2. The number of amides is 2. The Hall–Kier alpha value is -1.81. The largest absolute Gasteiger partial charge is 0.385 e. The van der Waals surface area contributed by atoms with Crippen molar-refractivity contribution in [2.45, 2.75) is 56.7 Å². The van der Waals surface area contributed by atoms with Gasteiger partial charge in [0.1, 0.15) is 0 Å². The van der Waals surface area contributed by atoms with E-state index in [-0.39, 0.29) is 18.1 Å². The van der Waals surface area contributed by atoms with Crippen LogP contribution in [0.4, 0.5) is 4.79 Å². The summed E-state index contributed by atoms with van der Waals surface area (Å²) in [4.78, 5) is 11.9. The van der Waals surface area contributed by atoms with Gasteiger partial charge >= 0.3 is 6.03 Å². The minimum Gasteiger partial charge on any atom is -0.385 e. The van der Waals surface area contributed by atoms with Gasteiger partial charge in [-0.3, -0.25) is 0 Å². The minimum atomic E-state index is -0.758. The van der Waals surface area contributed by atoms with Gasteiger partial charge in [-0.15, -0.1) is 6.58 Å². The summed E-state index contributed by atoms with van der Waals surface area (Å²) in [6.45, 7) is 5.62. The zero-order valence-electron chi connectivity index (χ0n) is 13.2. The van der Waals surface area contributed by atoms with Crippen LogP contribution in [0.15, 0.2) is 43.0 Å². The number of rotatable bonds is 5. The maximum atomic E-state index is 11.9. The van der Waals surface area contributed by atoms with Crippen molar-refractivity contribution < 1.29 is 9.90 Å². The third-order valence-electron chi connectivity index (χ3n) is 4.36. The lowest BCUT2D eigenvalue weighted by atomic mass is 9.78. The highest BCUT2D eigenvalue weighted by Gasteiger charge is 2.35. The SMILES string of the molecule is C=CC[C@@H](C)NC(=O)NC1CCC(O)(c2ccccc2)CC1. The summed E-state index contributed by atoms with van der Waals surface area (Å²) in [6, 6.07) is 9.87. The number of carbonyl (C=O) groups excluding carboxylic acids is 1. The van der Waals surface area contributed by atoms with Gasteiger partial charge in [-0.25, -0.2) is 4.79 Å². The highest BCUT2D eigenvalue weighted by atomic mass is 16.3. The van der Waals surface area contributed by atoms with Crippen molar-refractivity contribution in [1.82, 2.24) is 10.6 Å². The fourth-order valence-electron chi connectivity index (χ4n) is 3.04. The molecule has 0 unspecified atom stereocenters. The zero-order chi connectivity index (χ0) is 16.0. The van der Waals surface area contributed by atoms with E-state index in [4.69, 9.17) is 0 Å². The molecule has 0 aromatic heterocycles. The number of hydrogen-bond donors (Lipinski definition) is 3. The standard InChI is InChI=1S/C18H26N2O2/c1-3-7-14(2)19-17(21)20-16-10-12-18(22,13-11-16)15-8-5-4-6-9-15/h3-6,8-9,14,16,22H,1,7,10-13H2,2H3,(H2,19,20,21)/t14-,16?,18?/m1/s1. The molecular weight excluding hydrogens is 276 g/mol. The molecule has 1 aliphatic carbocycles. The predicted molar refractivity (Wildman–Crippen MR) is 88.5 cm³/mol. The monoisotopic (exact) mass is 302 g/mol. The molecule has 2 amide bonds. The second-order valence-corrected chi connectivity index (χ2v) is 6.22. The van der Waals surface area contributed by atoms with Crippen LogP contribution in [-0.2, 0) is 5.60 Å². The summed E-state index contributed by atoms with van der Waals surface area (Å²) >= 11 is 0. The van der Waals surface area contributed by atoms with Gasteiger partial charge in [0.05, 0.1) is 5.60 Å². The van der Waals surface area contributed by atoms with E-state index in [0.717, 1.165) is 24.8 Å². The van der Waals surface area contributed by atoms with E-state index < -0.39 is 5.60 Å². The number of carbonyl (C=O) groups is 1. The molecule has 0 aliphatic heterocycles. The van der Waals surface area contributed by atoms with Crippen molar-refractivity contribution in [2.75, 3.05) is 0 Å². The van der Waals surface area contributed by atoms with Gasteiger partial charge in [0, 0.05) is 12.1 Å².